The molecular formula is C46H84O4Si3. The van der Waals surface area contributed by atoms with Gasteiger partial charge < -0.3 is 18.4 Å². The molecule has 0 aromatic rings. The molecule has 7 heteroatoms. The largest absolute Gasteiger partial charge is 0.413 e. The first kappa shape index (κ1) is 45.2. The average Bonchev–Trinajstić information content (AvgIpc) is 3.72. The normalized spacial score (nSPS) is 31.7. The van der Waals surface area contributed by atoms with E-state index in [-0.39, 0.29) is 45.4 Å². The maximum atomic E-state index is 10.5. The van der Waals surface area contributed by atoms with Gasteiger partial charge in [-0.25, -0.2) is 0 Å². The van der Waals surface area contributed by atoms with Gasteiger partial charge in [0, 0.05) is 11.8 Å². The Hall–Kier alpha value is -0.549. The van der Waals surface area contributed by atoms with Gasteiger partial charge >= 0.3 is 0 Å². The highest BCUT2D eigenvalue weighted by Crippen LogP contribution is 2.60. The van der Waals surface area contributed by atoms with Crippen LogP contribution in [0.3, 0.4) is 0 Å². The third kappa shape index (κ3) is 9.78. The van der Waals surface area contributed by atoms with E-state index in [1.807, 2.05) is 0 Å². The fourth-order valence-corrected chi connectivity index (χ4v) is 12.9. The molecule has 0 aliphatic heterocycles. The van der Waals surface area contributed by atoms with Crippen molar-refractivity contribution < 1.29 is 18.4 Å². The highest BCUT2D eigenvalue weighted by Gasteiger charge is 2.53. The molecule has 4 saturated carbocycles. The van der Waals surface area contributed by atoms with Crippen LogP contribution < -0.4 is 0 Å². The van der Waals surface area contributed by atoms with Crippen LogP contribution in [0.2, 0.25) is 54.4 Å². The number of hydrogen-bond donors (Lipinski definition) is 1. The Morgan fingerprint density at radius 3 is 1.91 bits per heavy atom. The van der Waals surface area contributed by atoms with Gasteiger partial charge in [0.2, 0.25) is 0 Å². The molecule has 0 amide bonds. The number of aliphatic hydroxyl groups excluding tert-OH is 1. The summed E-state index contributed by atoms with van der Waals surface area (Å²) in [5.74, 6) is 1.74. The van der Waals surface area contributed by atoms with Crippen LogP contribution in [0.5, 0.6) is 0 Å². The van der Waals surface area contributed by atoms with Crippen molar-refractivity contribution in [2.75, 3.05) is 6.61 Å². The zero-order valence-electron chi connectivity index (χ0n) is 37.7. The van der Waals surface area contributed by atoms with Crippen LogP contribution in [0.15, 0.2) is 47.6 Å². The molecule has 4 fully saturated rings. The van der Waals surface area contributed by atoms with Crippen molar-refractivity contribution in [2.24, 2.45) is 28.6 Å². The smallest absolute Gasteiger partial charge is 0.192 e. The third-order valence-electron chi connectivity index (χ3n) is 16.0. The van der Waals surface area contributed by atoms with Gasteiger partial charge in [0.05, 0.1) is 24.9 Å². The van der Waals surface area contributed by atoms with Crippen LogP contribution in [-0.2, 0) is 13.3 Å². The van der Waals surface area contributed by atoms with Gasteiger partial charge in [0.15, 0.2) is 25.0 Å². The van der Waals surface area contributed by atoms with E-state index < -0.39 is 25.0 Å². The minimum atomic E-state index is -2.01. The Labute approximate surface area is 331 Å². The maximum Gasteiger partial charge on any atom is 0.192 e. The first-order valence-corrected chi connectivity index (χ1v) is 30.1. The zero-order chi connectivity index (χ0) is 40.2. The van der Waals surface area contributed by atoms with E-state index in [9.17, 15) is 5.11 Å². The number of rotatable bonds is 12. The Morgan fingerprint density at radius 2 is 1.38 bits per heavy atom. The van der Waals surface area contributed by atoms with E-state index in [2.05, 4.69) is 140 Å². The number of allylic oxidation sites excluding steroid dienone is 4. The van der Waals surface area contributed by atoms with Crippen LogP contribution >= 0.6 is 0 Å². The van der Waals surface area contributed by atoms with Crippen LogP contribution in [0.4, 0.5) is 0 Å². The fourth-order valence-electron chi connectivity index (χ4n) is 8.87. The molecule has 0 radical (unpaired) electrons. The first-order valence-electron chi connectivity index (χ1n) is 21.4. The van der Waals surface area contributed by atoms with Crippen molar-refractivity contribution in [3.8, 4) is 0 Å². The average molecular weight is 785 g/mol. The number of hydrogen-bond acceptors (Lipinski definition) is 4. The monoisotopic (exact) mass is 785 g/mol. The van der Waals surface area contributed by atoms with E-state index in [4.69, 9.17) is 19.9 Å². The second kappa shape index (κ2) is 15.7. The second-order valence-corrected chi connectivity index (χ2v) is 37.2. The van der Waals surface area contributed by atoms with Gasteiger partial charge in [-0.05, 0) is 140 Å². The minimum absolute atomic E-state index is 0.00627. The second-order valence-electron chi connectivity index (χ2n) is 22.9. The summed E-state index contributed by atoms with van der Waals surface area (Å²) in [4.78, 5) is 0. The lowest BCUT2D eigenvalue weighted by molar-refractivity contribution is 0.0883. The molecule has 53 heavy (non-hydrogen) atoms. The molecule has 0 aromatic heterocycles. The lowest BCUT2D eigenvalue weighted by atomic mass is 9.61. The summed E-state index contributed by atoms with van der Waals surface area (Å²) in [5.41, 5.74) is 4.36. The lowest BCUT2D eigenvalue weighted by Crippen LogP contribution is -2.49. The van der Waals surface area contributed by atoms with Crippen molar-refractivity contribution in [1.29, 1.82) is 0 Å². The standard InChI is InChI=1S/C46H84O4Si3/c1-33(21-26-41(46(32-47)28-29-46)50-53(17,18)44(9,10)11)38-24-25-39-35(20-19-27-45(38,39)12)22-23-36-30-37(48-51(13,14)42(3,4)5)31-40(34(36)2)49-52(15,16)43(6,7)8/h21-23,26,33,37-41,47H,2,19-20,24-25,27-32H2,1,3-18H3/b26-21+,35-22+,36-23-/t33-,37-,38-,39+,40+,41-,45-/m1/s1. The molecule has 0 aromatic carbocycles. The van der Waals surface area contributed by atoms with Gasteiger partial charge in [-0.15, -0.1) is 0 Å². The van der Waals surface area contributed by atoms with Crippen molar-refractivity contribution in [3.63, 3.8) is 0 Å². The molecule has 304 valence electrons. The van der Waals surface area contributed by atoms with Crippen molar-refractivity contribution >= 4 is 25.0 Å². The summed E-state index contributed by atoms with van der Waals surface area (Å²) in [6.07, 6.45) is 20.3. The molecule has 0 unspecified atom stereocenters. The zero-order valence-corrected chi connectivity index (χ0v) is 40.7. The molecule has 1 N–H and O–H groups in total. The summed E-state index contributed by atoms with van der Waals surface area (Å²) in [6, 6.07) is 0. The van der Waals surface area contributed by atoms with E-state index in [1.54, 1.807) is 5.57 Å². The molecule has 4 nitrogen and oxygen atoms in total. The predicted molar refractivity (Wildman–Crippen MR) is 236 cm³/mol. The molecule has 0 spiro atoms. The quantitative estimate of drug-likeness (QED) is 0.158. The topological polar surface area (TPSA) is 47.9 Å². The lowest BCUT2D eigenvalue weighted by Gasteiger charge is -2.45. The molecule has 4 rings (SSSR count). The summed E-state index contributed by atoms with van der Waals surface area (Å²) in [6.45, 7) is 45.2. The molecule has 4 aliphatic carbocycles. The van der Waals surface area contributed by atoms with Gasteiger partial charge in [-0.3, -0.25) is 0 Å². The van der Waals surface area contributed by atoms with Gasteiger partial charge in [-0.2, -0.15) is 0 Å². The Kier molecular flexibility index (Phi) is 13.3. The highest BCUT2D eigenvalue weighted by molar-refractivity contribution is 6.75. The van der Waals surface area contributed by atoms with Crippen molar-refractivity contribution in [1.82, 2.24) is 0 Å². The van der Waals surface area contributed by atoms with Gasteiger partial charge in [-0.1, -0.05) is 113 Å². The highest BCUT2D eigenvalue weighted by atomic mass is 28.4. The summed E-state index contributed by atoms with van der Waals surface area (Å²) < 4.78 is 21.3. The van der Waals surface area contributed by atoms with Gasteiger partial charge in [0.25, 0.3) is 0 Å². The molecular weight excluding hydrogens is 701 g/mol. The number of fused-ring (bicyclic) bond motifs is 1. The molecule has 0 heterocycles. The van der Waals surface area contributed by atoms with E-state index in [0.29, 0.717) is 23.2 Å². The molecule has 0 saturated heterocycles. The summed E-state index contributed by atoms with van der Waals surface area (Å²) in [7, 11) is -5.94. The van der Waals surface area contributed by atoms with Crippen LogP contribution in [0.25, 0.3) is 0 Å². The minimum Gasteiger partial charge on any atom is -0.413 e. The summed E-state index contributed by atoms with van der Waals surface area (Å²) >= 11 is 0. The van der Waals surface area contributed by atoms with Crippen LogP contribution in [0, 0.1) is 28.6 Å². The van der Waals surface area contributed by atoms with E-state index >= 15 is 0 Å². The van der Waals surface area contributed by atoms with E-state index in [0.717, 1.165) is 25.7 Å². The summed E-state index contributed by atoms with van der Waals surface area (Å²) in [5, 5.41) is 10.9. The van der Waals surface area contributed by atoms with E-state index in [1.165, 1.54) is 43.3 Å². The molecule has 4 aliphatic rings. The first-order chi connectivity index (χ1) is 24.0. The Balaban J connectivity index is 1.58. The van der Waals surface area contributed by atoms with Crippen LogP contribution in [-0.4, -0.2) is 55.0 Å². The maximum absolute atomic E-state index is 10.5. The SMILES string of the molecule is C=C1/C(=C\C=C2/CCC[C@]3(C)[C@@H]([C@H](C)/C=C/[C@@H](O[Si](C)(C)C(C)(C)C)C4(CO)CC4)CC[C@@H]23)C[C@@H](O[Si](C)(C)C(C)(C)C)C[C@@H]1O[Si](C)(C)C(C)(C)C. The number of aliphatic hydroxyl groups is 1. The Bertz CT molecular complexity index is 1400. The molecule has 7 atom stereocenters. The predicted octanol–water partition coefficient (Wildman–Crippen LogP) is 13.5. The fraction of sp³-hybridized carbons (Fsp3) is 0.826. The van der Waals surface area contributed by atoms with Gasteiger partial charge in [0.1, 0.15) is 0 Å². The third-order valence-corrected chi connectivity index (χ3v) is 29.5. The Morgan fingerprint density at radius 1 is 0.811 bits per heavy atom. The van der Waals surface area contributed by atoms with Crippen molar-refractivity contribution in [2.45, 2.75) is 207 Å². The van der Waals surface area contributed by atoms with Crippen molar-refractivity contribution in [3.05, 3.63) is 47.6 Å². The van der Waals surface area contributed by atoms with Crippen LogP contribution in [0.1, 0.15) is 134 Å². The molecule has 0 bridgehead atoms.